The molecule has 0 aliphatic rings. The Morgan fingerprint density at radius 2 is 1.39 bits per heavy atom. The fourth-order valence-corrected chi connectivity index (χ4v) is 1.69. The molecular weight excluding hydrogens is 290 g/mol. The van der Waals surface area contributed by atoms with Crippen LogP contribution in [-0.2, 0) is 13.1 Å². The summed E-state index contributed by atoms with van der Waals surface area (Å²) in [5.41, 5.74) is 2.57. The van der Waals surface area contributed by atoms with Crippen LogP contribution in [0.25, 0.3) is 0 Å². The van der Waals surface area contributed by atoms with Crippen LogP contribution < -0.4 is 27.0 Å². The first kappa shape index (κ1) is 14.7. The highest BCUT2D eigenvalue weighted by molar-refractivity contribution is 5.27. The predicted molar refractivity (Wildman–Crippen MR) is 70.0 cm³/mol. The van der Waals surface area contributed by atoms with Crippen LogP contribution in [-0.4, -0.2) is 7.11 Å². The zero-order valence-corrected chi connectivity index (χ0v) is 12.0. The zero-order valence-electron chi connectivity index (χ0n) is 10.4. The molecule has 0 aromatic heterocycles. The van der Waals surface area contributed by atoms with E-state index in [1.165, 1.54) is 11.1 Å². The van der Waals surface area contributed by atoms with Crippen LogP contribution in [0.15, 0.2) is 54.6 Å². The molecule has 3 heteroatoms. The highest BCUT2D eigenvalue weighted by Crippen LogP contribution is 2.11. The van der Waals surface area contributed by atoms with E-state index in [-0.39, 0.29) is 17.0 Å². The highest BCUT2D eigenvalue weighted by atomic mass is 79.9. The van der Waals surface area contributed by atoms with Gasteiger partial charge in [-0.3, -0.25) is 0 Å². The third-order valence-electron chi connectivity index (χ3n) is 2.66. The maximum absolute atomic E-state index is 5.12. The maximum Gasteiger partial charge on any atom is 0.118 e. The number of halogens is 1. The number of benzene rings is 2. The first-order valence-corrected chi connectivity index (χ1v) is 5.76. The molecule has 0 saturated carbocycles. The van der Waals surface area contributed by atoms with Crippen molar-refractivity contribution >= 4 is 0 Å². The van der Waals surface area contributed by atoms with Gasteiger partial charge in [-0.25, -0.2) is 0 Å². The van der Waals surface area contributed by atoms with Gasteiger partial charge in [0.1, 0.15) is 5.75 Å². The van der Waals surface area contributed by atoms with E-state index in [0.717, 1.165) is 18.8 Å². The molecule has 0 atom stereocenters. The molecule has 2 rings (SSSR count). The van der Waals surface area contributed by atoms with E-state index in [0.29, 0.717) is 0 Å². The molecule has 2 aromatic rings. The van der Waals surface area contributed by atoms with Crippen molar-refractivity contribution in [1.29, 1.82) is 0 Å². The van der Waals surface area contributed by atoms with E-state index in [1.807, 2.05) is 18.2 Å². The summed E-state index contributed by atoms with van der Waals surface area (Å²) in [4.78, 5) is 0. The first-order valence-electron chi connectivity index (χ1n) is 5.76. The molecule has 2 aromatic carbocycles. The van der Waals surface area contributed by atoms with Crippen molar-refractivity contribution < 1.29 is 21.7 Å². The van der Waals surface area contributed by atoms with Crippen molar-refractivity contribution in [2.75, 3.05) is 7.11 Å². The largest absolute Gasteiger partial charge is 1.00 e. The lowest BCUT2D eigenvalue weighted by Crippen LogP contribution is -3.00. The van der Waals surface area contributed by atoms with Crippen LogP contribution in [0.4, 0.5) is 0 Å². The molecule has 96 valence electrons. The molecule has 0 bridgehead atoms. The summed E-state index contributed by atoms with van der Waals surface area (Å²) in [6.45, 7) is 1.77. The van der Waals surface area contributed by atoms with Crippen LogP contribution in [0.3, 0.4) is 0 Å². The molecule has 2 nitrogen and oxygen atoms in total. The summed E-state index contributed by atoms with van der Waals surface area (Å²) < 4.78 is 5.12. The van der Waals surface area contributed by atoms with Gasteiger partial charge in [0.25, 0.3) is 0 Å². The van der Waals surface area contributed by atoms with Crippen LogP contribution in [0, 0.1) is 0 Å². The molecule has 0 unspecified atom stereocenters. The third-order valence-corrected chi connectivity index (χ3v) is 2.66. The van der Waals surface area contributed by atoms with Gasteiger partial charge >= 0.3 is 0 Å². The Hall–Kier alpha value is -1.32. The number of hydrogen-bond acceptors (Lipinski definition) is 2. The van der Waals surface area contributed by atoms with E-state index >= 15 is 0 Å². The van der Waals surface area contributed by atoms with Gasteiger partial charge in [0, 0.05) is 13.1 Å². The molecule has 0 aliphatic carbocycles. The summed E-state index contributed by atoms with van der Waals surface area (Å²) in [5.74, 6) is 0.900. The highest BCUT2D eigenvalue weighted by Gasteiger charge is 1.95. The van der Waals surface area contributed by atoms with Gasteiger partial charge in [0.2, 0.25) is 0 Å². The smallest absolute Gasteiger partial charge is 0.118 e. The van der Waals surface area contributed by atoms with Crippen molar-refractivity contribution in [3.63, 3.8) is 0 Å². The molecule has 0 saturated heterocycles. The summed E-state index contributed by atoms with van der Waals surface area (Å²) >= 11 is 0. The Morgan fingerprint density at radius 1 is 0.833 bits per heavy atom. The minimum atomic E-state index is 0. The van der Waals surface area contributed by atoms with Crippen molar-refractivity contribution in [1.82, 2.24) is 5.32 Å². The second-order valence-corrected chi connectivity index (χ2v) is 3.94. The summed E-state index contributed by atoms with van der Waals surface area (Å²) in [6, 6.07) is 18.5. The SMILES string of the molecule is COc1ccc(CNCc2ccccc2)cc1.[Br-]. The van der Waals surface area contributed by atoms with E-state index in [4.69, 9.17) is 4.74 Å². The van der Waals surface area contributed by atoms with E-state index in [2.05, 4.69) is 41.7 Å². The lowest BCUT2D eigenvalue weighted by atomic mass is 10.2. The average molecular weight is 307 g/mol. The normalized spacial score (nSPS) is 9.61. The number of nitrogens with one attached hydrogen (secondary N) is 1. The Kier molecular flexibility index (Phi) is 6.47. The predicted octanol–water partition coefficient (Wildman–Crippen LogP) is -0.0110. The second-order valence-electron chi connectivity index (χ2n) is 3.94. The molecule has 0 aliphatic heterocycles. The summed E-state index contributed by atoms with van der Waals surface area (Å²) in [7, 11) is 1.68. The van der Waals surface area contributed by atoms with Crippen molar-refractivity contribution in [2.24, 2.45) is 0 Å². The van der Waals surface area contributed by atoms with Gasteiger partial charge in [-0.05, 0) is 23.3 Å². The summed E-state index contributed by atoms with van der Waals surface area (Å²) in [6.07, 6.45) is 0. The summed E-state index contributed by atoms with van der Waals surface area (Å²) in [5, 5.41) is 3.41. The maximum atomic E-state index is 5.12. The lowest BCUT2D eigenvalue weighted by Gasteiger charge is -2.06. The Bertz CT molecular complexity index is 442. The lowest BCUT2D eigenvalue weighted by molar-refractivity contribution is -0.00000379. The van der Waals surface area contributed by atoms with Crippen LogP contribution in [0.2, 0.25) is 0 Å². The molecule has 0 amide bonds. The molecule has 0 heterocycles. The van der Waals surface area contributed by atoms with Gasteiger partial charge in [-0.1, -0.05) is 42.5 Å². The van der Waals surface area contributed by atoms with Crippen LogP contribution >= 0.6 is 0 Å². The molecular formula is C15H17BrNO-. The Balaban J connectivity index is 0.00000162. The molecule has 1 N–H and O–H groups in total. The second kappa shape index (κ2) is 7.90. The van der Waals surface area contributed by atoms with Gasteiger partial charge in [-0.2, -0.15) is 0 Å². The standard InChI is InChI=1S/C15H17NO.BrH/c1-17-15-9-7-14(8-10-15)12-16-11-13-5-3-2-4-6-13;/h2-10,16H,11-12H2,1H3;1H/p-1. The molecule has 0 spiro atoms. The Morgan fingerprint density at radius 3 is 1.94 bits per heavy atom. The number of rotatable bonds is 5. The minimum absolute atomic E-state index is 0. The molecule has 0 radical (unpaired) electrons. The topological polar surface area (TPSA) is 21.3 Å². The van der Waals surface area contributed by atoms with Crippen LogP contribution in [0.5, 0.6) is 5.75 Å². The zero-order chi connectivity index (χ0) is 11.9. The van der Waals surface area contributed by atoms with Gasteiger partial charge in [0.05, 0.1) is 7.11 Å². The van der Waals surface area contributed by atoms with Gasteiger partial charge < -0.3 is 27.0 Å². The average Bonchev–Trinajstić information content (AvgIpc) is 2.41. The molecule has 18 heavy (non-hydrogen) atoms. The first-order chi connectivity index (χ1) is 8.38. The quantitative estimate of drug-likeness (QED) is 0.839. The van der Waals surface area contributed by atoms with E-state index in [9.17, 15) is 0 Å². The number of hydrogen-bond donors (Lipinski definition) is 1. The van der Waals surface area contributed by atoms with Crippen molar-refractivity contribution in [3.8, 4) is 5.75 Å². The third kappa shape index (κ3) is 4.51. The molecule has 0 fully saturated rings. The fourth-order valence-electron chi connectivity index (χ4n) is 1.69. The van der Waals surface area contributed by atoms with Crippen molar-refractivity contribution in [2.45, 2.75) is 13.1 Å². The van der Waals surface area contributed by atoms with Gasteiger partial charge in [0.15, 0.2) is 0 Å². The Labute approximate surface area is 119 Å². The van der Waals surface area contributed by atoms with Crippen molar-refractivity contribution in [3.05, 3.63) is 65.7 Å². The minimum Gasteiger partial charge on any atom is -1.00 e. The van der Waals surface area contributed by atoms with E-state index < -0.39 is 0 Å². The van der Waals surface area contributed by atoms with E-state index in [1.54, 1.807) is 7.11 Å². The number of methoxy groups -OCH3 is 1. The fraction of sp³-hybridized carbons (Fsp3) is 0.200. The van der Waals surface area contributed by atoms with Gasteiger partial charge in [-0.15, -0.1) is 0 Å². The van der Waals surface area contributed by atoms with Crippen LogP contribution in [0.1, 0.15) is 11.1 Å². The number of ether oxygens (including phenoxy) is 1. The monoisotopic (exact) mass is 306 g/mol.